The molecule has 8 nitrogen and oxygen atoms in total. The molecule has 0 fully saturated rings. The van der Waals surface area contributed by atoms with Crippen molar-refractivity contribution in [2.45, 2.75) is 9.79 Å². The molecule has 2 aromatic rings. The zero-order chi connectivity index (χ0) is 19.6. The van der Waals surface area contributed by atoms with Gasteiger partial charge in [-0.05, 0) is 24.3 Å². The van der Waals surface area contributed by atoms with E-state index in [2.05, 4.69) is 0 Å². The first kappa shape index (κ1) is 18.1. The van der Waals surface area contributed by atoms with E-state index in [-0.39, 0.29) is 11.1 Å². The van der Waals surface area contributed by atoms with Crippen LogP contribution in [0.1, 0.15) is 31.8 Å². The fraction of sp³-hybridized carbons (Fsp3) is 0.125. The Labute approximate surface area is 148 Å². The summed E-state index contributed by atoms with van der Waals surface area (Å²) in [6.07, 6.45) is 1.55. The third kappa shape index (κ3) is 2.58. The van der Waals surface area contributed by atoms with E-state index in [0.717, 1.165) is 36.8 Å². The first-order valence-electron chi connectivity index (χ1n) is 7.06. The van der Waals surface area contributed by atoms with Crippen LogP contribution in [-0.4, -0.2) is 51.1 Å². The third-order valence-corrected chi connectivity index (χ3v) is 6.39. The molecule has 136 valence electrons. The summed E-state index contributed by atoms with van der Waals surface area (Å²) in [7, 11) is -8.08. The second kappa shape index (κ2) is 5.39. The second-order valence-corrected chi connectivity index (χ2v) is 9.87. The number of carbonyl (C=O) groups is 2. The summed E-state index contributed by atoms with van der Waals surface area (Å²) in [4.78, 5) is 24.2. The summed E-state index contributed by atoms with van der Waals surface area (Å²) in [5.41, 5.74) is -1.66. The van der Waals surface area contributed by atoms with Crippen molar-refractivity contribution in [3.8, 4) is 11.5 Å². The lowest BCUT2D eigenvalue weighted by Gasteiger charge is -2.21. The van der Waals surface area contributed by atoms with Crippen molar-refractivity contribution in [2.24, 2.45) is 0 Å². The lowest BCUT2D eigenvalue weighted by Crippen LogP contribution is -2.23. The van der Waals surface area contributed by atoms with Crippen molar-refractivity contribution in [1.29, 1.82) is 0 Å². The molecule has 0 aliphatic heterocycles. The molecule has 3 rings (SSSR count). The van der Waals surface area contributed by atoms with Gasteiger partial charge in [-0.25, -0.2) is 16.8 Å². The molecule has 2 N–H and O–H groups in total. The molecule has 0 radical (unpaired) electrons. The minimum atomic E-state index is -4.04. The number of hydrogen-bond donors (Lipinski definition) is 2. The monoisotopic (exact) mass is 396 g/mol. The highest BCUT2D eigenvalue weighted by Gasteiger charge is 2.37. The summed E-state index contributed by atoms with van der Waals surface area (Å²) < 4.78 is 48.0. The molecule has 2 aromatic carbocycles. The van der Waals surface area contributed by atoms with Crippen LogP contribution in [0.15, 0.2) is 34.1 Å². The molecule has 26 heavy (non-hydrogen) atoms. The summed E-state index contributed by atoms with van der Waals surface area (Å²) in [5, 5.41) is 19.8. The van der Waals surface area contributed by atoms with E-state index in [0.29, 0.717) is 0 Å². The molecule has 0 atom stereocenters. The van der Waals surface area contributed by atoms with Crippen molar-refractivity contribution in [1.82, 2.24) is 0 Å². The number of carbonyl (C=O) groups excluding carboxylic acids is 2. The van der Waals surface area contributed by atoms with Gasteiger partial charge in [-0.1, -0.05) is 0 Å². The molecule has 0 saturated carbocycles. The lowest BCUT2D eigenvalue weighted by molar-refractivity contribution is 0.0973. The Morgan fingerprint density at radius 3 is 1.27 bits per heavy atom. The van der Waals surface area contributed by atoms with E-state index in [1.54, 1.807) is 0 Å². The number of benzene rings is 2. The van der Waals surface area contributed by atoms with Crippen molar-refractivity contribution in [3.63, 3.8) is 0 Å². The van der Waals surface area contributed by atoms with Gasteiger partial charge in [0.25, 0.3) is 0 Å². The van der Waals surface area contributed by atoms with E-state index >= 15 is 0 Å². The molecule has 0 spiro atoms. The molecule has 0 unspecified atom stereocenters. The van der Waals surface area contributed by atoms with Crippen LogP contribution >= 0.6 is 0 Å². The zero-order valence-electron chi connectivity index (χ0n) is 13.5. The number of fused-ring (bicyclic) bond motifs is 2. The highest BCUT2D eigenvalue weighted by atomic mass is 32.2. The first-order chi connectivity index (χ1) is 11.8. The molecule has 0 amide bonds. The van der Waals surface area contributed by atoms with Crippen molar-refractivity contribution < 1.29 is 36.6 Å². The van der Waals surface area contributed by atoms with Gasteiger partial charge in [0.05, 0.1) is 20.9 Å². The van der Waals surface area contributed by atoms with E-state index in [1.165, 1.54) is 0 Å². The van der Waals surface area contributed by atoms with Crippen molar-refractivity contribution >= 4 is 31.2 Å². The molecule has 0 heterocycles. The number of phenols is 2. The van der Waals surface area contributed by atoms with Gasteiger partial charge in [-0.15, -0.1) is 0 Å². The van der Waals surface area contributed by atoms with Gasteiger partial charge in [0.15, 0.2) is 31.2 Å². The van der Waals surface area contributed by atoms with Gasteiger partial charge < -0.3 is 10.2 Å². The van der Waals surface area contributed by atoms with E-state index in [4.69, 9.17) is 0 Å². The molecule has 0 aromatic heterocycles. The fourth-order valence-corrected chi connectivity index (χ4v) is 5.25. The normalized spacial score (nSPS) is 14.1. The van der Waals surface area contributed by atoms with Gasteiger partial charge in [-0.2, -0.15) is 0 Å². The maximum absolute atomic E-state index is 12.7. The van der Waals surface area contributed by atoms with E-state index < -0.39 is 63.7 Å². The average molecular weight is 396 g/mol. The Hall–Kier alpha value is -2.72. The number of ketones is 2. The van der Waals surface area contributed by atoms with Gasteiger partial charge in [0.2, 0.25) is 0 Å². The highest BCUT2D eigenvalue weighted by molar-refractivity contribution is 7.93. The molecule has 10 heteroatoms. The Morgan fingerprint density at radius 2 is 1.00 bits per heavy atom. The predicted molar refractivity (Wildman–Crippen MR) is 89.3 cm³/mol. The molecule has 0 saturated heterocycles. The molecule has 1 aliphatic rings. The maximum atomic E-state index is 12.7. The average Bonchev–Trinajstić information content (AvgIpc) is 2.51. The number of aromatic hydroxyl groups is 2. The minimum absolute atomic E-state index is 0.365. The standard InChI is InChI=1S/C16H12O8S2/c1-25(21,22)11-5-7-8(6-12(11)26(2,23)24)16(20)14-10(18)4-3-9(17)13(14)15(7)19/h3-6,17-18H,1-2H3. The molecule has 1 aliphatic carbocycles. The van der Waals surface area contributed by atoms with E-state index in [9.17, 15) is 36.6 Å². The van der Waals surface area contributed by atoms with Crippen LogP contribution in [0.4, 0.5) is 0 Å². The van der Waals surface area contributed by atoms with Crippen LogP contribution in [0.25, 0.3) is 0 Å². The predicted octanol–water partition coefficient (Wildman–Crippen LogP) is 0.680. The molecular weight excluding hydrogens is 384 g/mol. The van der Waals surface area contributed by atoms with Crippen LogP contribution in [0.5, 0.6) is 11.5 Å². The Morgan fingerprint density at radius 1 is 0.692 bits per heavy atom. The maximum Gasteiger partial charge on any atom is 0.198 e. The highest BCUT2D eigenvalue weighted by Crippen LogP contribution is 2.39. The summed E-state index contributed by atoms with van der Waals surface area (Å²) in [6.45, 7) is 0. The summed E-state index contributed by atoms with van der Waals surface area (Å²) >= 11 is 0. The van der Waals surface area contributed by atoms with Crippen molar-refractivity contribution in [3.05, 3.63) is 46.5 Å². The van der Waals surface area contributed by atoms with Gasteiger partial charge in [0, 0.05) is 23.6 Å². The number of sulfone groups is 2. The number of rotatable bonds is 2. The summed E-state index contributed by atoms with van der Waals surface area (Å²) in [6, 6.07) is 3.67. The van der Waals surface area contributed by atoms with Crippen LogP contribution in [0, 0.1) is 0 Å². The fourth-order valence-electron chi connectivity index (χ4n) is 2.82. The van der Waals surface area contributed by atoms with Crippen LogP contribution in [0.2, 0.25) is 0 Å². The number of phenolic OH excluding ortho intramolecular Hbond substituents is 2. The third-order valence-electron chi connectivity index (χ3n) is 3.99. The van der Waals surface area contributed by atoms with E-state index in [1.807, 2.05) is 0 Å². The summed E-state index contributed by atoms with van der Waals surface area (Å²) in [5.74, 6) is -2.91. The lowest BCUT2D eigenvalue weighted by atomic mass is 9.83. The van der Waals surface area contributed by atoms with Crippen LogP contribution in [0.3, 0.4) is 0 Å². The van der Waals surface area contributed by atoms with Crippen LogP contribution < -0.4 is 0 Å². The van der Waals surface area contributed by atoms with Gasteiger partial charge in [0.1, 0.15) is 11.5 Å². The SMILES string of the molecule is CS(=O)(=O)c1cc2c(cc1S(C)(=O)=O)C(=O)c1c(O)ccc(O)c1C2=O. The van der Waals surface area contributed by atoms with Crippen LogP contribution in [-0.2, 0) is 19.7 Å². The van der Waals surface area contributed by atoms with Gasteiger partial charge >= 0.3 is 0 Å². The molecular formula is C16H12O8S2. The first-order valence-corrected chi connectivity index (χ1v) is 10.8. The zero-order valence-corrected chi connectivity index (χ0v) is 15.1. The topological polar surface area (TPSA) is 143 Å². The Kier molecular flexibility index (Phi) is 3.75. The quantitative estimate of drug-likeness (QED) is 0.602. The smallest absolute Gasteiger partial charge is 0.198 e. The second-order valence-electron chi connectivity index (χ2n) is 5.90. The Bertz CT molecular complexity index is 1130. The largest absolute Gasteiger partial charge is 0.507 e. The van der Waals surface area contributed by atoms with Crippen molar-refractivity contribution in [2.75, 3.05) is 12.5 Å². The number of hydrogen-bond acceptors (Lipinski definition) is 8. The minimum Gasteiger partial charge on any atom is -0.507 e. The van der Waals surface area contributed by atoms with Gasteiger partial charge in [-0.3, -0.25) is 9.59 Å². The molecule has 0 bridgehead atoms. The Balaban J connectivity index is 2.47.